The van der Waals surface area contributed by atoms with Gasteiger partial charge in [-0.1, -0.05) is 232 Å². The number of carbonyl (C=O) groups excluding carboxylic acids is 2. The van der Waals surface area contributed by atoms with Gasteiger partial charge >= 0.3 is 12.1 Å². The number of imidazole rings is 1. The standard InChI is InChI=1S/C55H106N4O5/c1-6-8-10-12-14-16-18-20-22-24-26-28-30-32-34-36-38-40-42-58(43-41-39-37-35-33-31-29-27-25-23-21-19-17-15-13-11-9-7-2)44-45-62-46-47-63-53(60)52(56)48-51-49-57-50-59(51)54(61)64-55(3,4)5/h49-50,52H,6-48,56H2,1-5H3. The highest BCUT2D eigenvalue weighted by molar-refractivity contribution is 5.76. The van der Waals surface area contributed by atoms with Crippen LogP contribution in [0, 0.1) is 0 Å². The summed E-state index contributed by atoms with van der Waals surface area (Å²) >= 11 is 0. The Labute approximate surface area is 396 Å². The van der Waals surface area contributed by atoms with Crippen molar-refractivity contribution in [3.05, 3.63) is 18.2 Å². The van der Waals surface area contributed by atoms with Crippen LogP contribution in [0.3, 0.4) is 0 Å². The Bertz CT molecular complexity index is 1130. The molecule has 1 rings (SSSR count). The molecule has 0 radical (unpaired) electrons. The molecule has 0 aromatic carbocycles. The lowest BCUT2D eigenvalue weighted by Crippen LogP contribution is -2.36. The predicted molar refractivity (Wildman–Crippen MR) is 271 cm³/mol. The van der Waals surface area contributed by atoms with Gasteiger partial charge in [-0.25, -0.2) is 14.3 Å². The minimum absolute atomic E-state index is 0.118. The van der Waals surface area contributed by atoms with Gasteiger partial charge in [-0.2, -0.15) is 0 Å². The highest BCUT2D eigenvalue weighted by atomic mass is 16.6. The minimum Gasteiger partial charge on any atom is -0.462 e. The molecule has 0 aliphatic carbocycles. The molecule has 376 valence electrons. The summed E-state index contributed by atoms with van der Waals surface area (Å²) in [5.74, 6) is -0.523. The maximum atomic E-state index is 12.6. The monoisotopic (exact) mass is 903 g/mol. The van der Waals surface area contributed by atoms with Crippen LogP contribution < -0.4 is 5.73 Å². The number of nitrogens with zero attached hydrogens (tertiary/aromatic N) is 3. The van der Waals surface area contributed by atoms with Crippen molar-refractivity contribution in [3.63, 3.8) is 0 Å². The van der Waals surface area contributed by atoms with Crippen molar-refractivity contribution in [2.45, 2.75) is 284 Å². The lowest BCUT2D eigenvalue weighted by Gasteiger charge is -2.22. The lowest BCUT2D eigenvalue weighted by atomic mass is 10.0. The Hall–Kier alpha value is -1.97. The quantitative estimate of drug-likeness (QED) is 0.0509. The van der Waals surface area contributed by atoms with E-state index in [0.29, 0.717) is 18.9 Å². The second-order valence-corrected chi connectivity index (χ2v) is 20.2. The number of rotatable bonds is 47. The molecule has 1 heterocycles. The molecule has 0 saturated heterocycles. The zero-order valence-electron chi connectivity index (χ0n) is 43.1. The van der Waals surface area contributed by atoms with Crippen molar-refractivity contribution in [1.82, 2.24) is 14.5 Å². The zero-order valence-corrected chi connectivity index (χ0v) is 43.1. The van der Waals surface area contributed by atoms with E-state index in [2.05, 4.69) is 23.7 Å². The number of aromatic nitrogens is 2. The van der Waals surface area contributed by atoms with E-state index < -0.39 is 23.7 Å². The zero-order chi connectivity index (χ0) is 46.6. The number of nitrogens with two attached hydrogens (primary N) is 1. The third kappa shape index (κ3) is 38.2. The fourth-order valence-corrected chi connectivity index (χ4v) is 8.67. The molecule has 0 bridgehead atoms. The average molecular weight is 903 g/mol. The Morgan fingerprint density at radius 2 is 0.906 bits per heavy atom. The fraction of sp³-hybridized carbons (Fsp3) is 0.909. The molecule has 0 aliphatic rings. The van der Waals surface area contributed by atoms with Gasteiger partial charge in [0.25, 0.3) is 0 Å². The van der Waals surface area contributed by atoms with Crippen molar-refractivity contribution < 1.29 is 23.8 Å². The Kier molecular flexibility index (Phi) is 40.9. The SMILES string of the molecule is CCCCCCCCCCCCCCCCCCCCN(CCCCCCCCCCCCCCCCCCCC)CCOCCOC(=O)C(N)Cc1cncn1C(=O)OC(C)(C)C. The molecule has 1 aromatic rings. The van der Waals surface area contributed by atoms with Crippen LogP contribution in [0.1, 0.15) is 271 Å². The third-order valence-electron chi connectivity index (χ3n) is 12.7. The van der Waals surface area contributed by atoms with Gasteiger partial charge in [0, 0.05) is 19.2 Å². The van der Waals surface area contributed by atoms with Crippen LogP contribution in [0.25, 0.3) is 0 Å². The van der Waals surface area contributed by atoms with Gasteiger partial charge in [-0.05, 0) is 46.7 Å². The fourth-order valence-electron chi connectivity index (χ4n) is 8.67. The van der Waals surface area contributed by atoms with Crippen molar-refractivity contribution in [3.8, 4) is 0 Å². The lowest BCUT2D eigenvalue weighted by molar-refractivity contribution is -0.146. The third-order valence-corrected chi connectivity index (χ3v) is 12.7. The Morgan fingerprint density at radius 3 is 1.27 bits per heavy atom. The molecule has 64 heavy (non-hydrogen) atoms. The van der Waals surface area contributed by atoms with Gasteiger partial charge in [-0.3, -0.25) is 4.79 Å². The smallest absolute Gasteiger partial charge is 0.420 e. The van der Waals surface area contributed by atoms with E-state index in [4.69, 9.17) is 19.9 Å². The molecule has 0 fully saturated rings. The van der Waals surface area contributed by atoms with Crippen LogP contribution >= 0.6 is 0 Å². The van der Waals surface area contributed by atoms with Gasteiger partial charge in [0.2, 0.25) is 0 Å². The number of unbranched alkanes of at least 4 members (excludes halogenated alkanes) is 34. The van der Waals surface area contributed by atoms with Crippen LogP contribution in [0.5, 0.6) is 0 Å². The molecule has 1 atom stereocenters. The number of hydrogen-bond donors (Lipinski definition) is 1. The average Bonchev–Trinajstić information content (AvgIpc) is 3.74. The maximum absolute atomic E-state index is 12.6. The largest absolute Gasteiger partial charge is 0.462 e. The molecule has 0 spiro atoms. The van der Waals surface area contributed by atoms with Crippen molar-refractivity contribution in [1.29, 1.82) is 0 Å². The van der Waals surface area contributed by atoms with Crippen molar-refractivity contribution >= 4 is 12.1 Å². The van der Waals surface area contributed by atoms with E-state index in [1.54, 1.807) is 20.8 Å². The molecule has 2 N–H and O–H groups in total. The number of ether oxygens (including phenoxy) is 3. The van der Waals surface area contributed by atoms with Crippen molar-refractivity contribution in [2.75, 3.05) is 39.5 Å². The second kappa shape index (κ2) is 43.6. The van der Waals surface area contributed by atoms with Crippen LogP contribution in [0.2, 0.25) is 0 Å². The Morgan fingerprint density at radius 1 is 0.547 bits per heavy atom. The molecular formula is C55H106N4O5. The van der Waals surface area contributed by atoms with E-state index in [1.807, 2.05) is 0 Å². The van der Waals surface area contributed by atoms with E-state index >= 15 is 0 Å². The minimum atomic E-state index is -0.919. The van der Waals surface area contributed by atoms with Gasteiger partial charge < -0.3 is 24.8 Å². The van der Waals surface area contributed by atoms with Gasteiger partial charge in [0.05, 0.1) is 18.9 Å². The summed E-state index contributed by atoms with van der Waals surface area (Å²) < 4.78 is 18.1. The van der Waals surface area contributed by atoms with E-state index in [9.17, 15) is 9.59 Å². The van der Waals surface area contributed by atoms with Crippen molar-refractivity contribution in [2.24, 2.45) is 5.73 Å². The number of esters is 1. The van der Waals surface area contributed by atoms with E-state index in [-0.39, 0.29) is 13.0 Å². The molecular weight excluding hydrogens is 797 g/mol. The topological polar surface area (TPSA) is 109 Å². The molecule has 1 aromatic heterocycles. The molecule has 9 nitrogen and oxygen atoms in total. The Balaban J connectivity index is 2.26. The first-order valence-electron chi connectivity index (χ1n) is 27.6. The molecule has 0 aliphatic heterocycles. The van der Waals surface area contributed by atoms with Gasteiger partial charge in [-0.15, -0.1) is 0 Å². The summed E-state index contributed by atoms with van der Waals surface area (Å²) in [6, 6.07) is -0.919. The summed E-state index contributed by atoms with van der Waals surface area (Å²) in [7, 11) is 0. The van der Waals surface area contributed by atoms with E-state index in [1.165, 1.54) is 248 Å². The van der Waals surface area contributed by atoms with Crippen LogP contribution in [-0.4, -0.2) is 77.6 Å². The van der Waals surface area contributed by atoms with Crippen LogP contribution in [0.15, 0.2) is 12.5 Å². The van der Waals surface area contributed by atoms with Crippen LogP contribution in [0.4, 0.5) is 4.79 Å². The summed E-state index contributed by atoms with van der Waals surface area (Å²) in [5.41, 5.74) is 6.00. The number of carbonyl (C=O) groups is 2. The summed E-state index contributed by atoms with van der Waals surface area (Å²) in [4.78, 5) is 31.8. The normalized spacial score (nSPS) is 12.4. The van der Waals surface area contributed by atoms with E-state index in [0.717, 1.165) is 19.6 Å². The maximum Gasteiger partial charge on any atom is 0.420 e. The van der Waals surface area contributed by atoms with Gasteiger partial charge in [0.1, 0.15) is 24.6 Å². The summed E-state index contributed by atoms with van der Waals surface area (Å²) in [6.45, 7) is 14.3. The molecule has 0 amide bonds. The first kappa shape index (κ1) is 60.0. The highest BCUT2D eigenvalue weighted by Crippen LogP contribution is 2.17. The molecule has 9 heteroatoms. The first-order chi connectivity index (χ1) is 31.2. The predicted octanol–water partition coefficient (Wildman–Crippen LogP) is 15.5. The van der Waals surface area contributed by atoms with Crippen LogP contribution in [-0.2, 0) is 25.4 Å². The summed E-state index contributed by atoms with van der Waals surface area (Å²) in [6.07, 6.45) is 52.8. The highest BCUT2D eigenvalue weighted by Gasteiger charge is 2.23. The molecule has 0 saturated carbocycles. The summed E-state index contributed by atoms with van der Waals surface area (Å²) in [5, 5.41) is 0. The second-order valence-electron chi connectivity index (χ2n) is 20.2. The first-order valence-corrected chi connectivity index (χ1v) is 27.6. The molecule has 1 unspecified atom stereocenters. The van der Waals surface area contributed by atoms with Gasteiger partial charge in [0.15, 0.2) is 0 Å². The number of hydrogen-bond acceptors (Lipinski definition) is 8.